The maximum Gasteiger partial charge on any atom is 0.416 e. The molecule has 1 aliphatic rings. The normalized spacial score (nSPS) is 14.6. The molecule has 30 heavy (non-hydrogen) atoms. The van der Waals surface area contributed by atoms with Crippen LogP contribution in [0.25, 0.3) is 10.8 Å². The summed E-state index contributed by atoms with van der Waals surface area (Å²) in [4.78, 5) is 27.2. The van der Waals surface area contributed by atoms with E-state index in [-0.39, 0.29) is 11.4 Å². The highest BCUT2D eigenvalue weighted by Crippen LogP contribution is 2.36. The van der Waals surface area contributed by atoms with Crippen LogP contribution in [0, 0.1) is 0 Å². The third-order valence-corrected chi connectivity index (χ3v) is 5.60. The molecule has 10 heteroatoms. The number of aromatic nitrogens is 3. The summed E-state index contributed by atoms with van der Waals surface area (Å²) in [7, 11) is 0. The first-order valence-electron chi connectivity index (χ1n) is 9.42. The Morgan fingerprint density at radius 3 is 2.53 bits per heavy atom. The van der Waals surface area contributed by atoms with E-state index in [1.165, 1.54) is 22.8 Å². The lowest BCUT2D eigenvalue weighted by molar-refractivity contribution is -0.137. The molecule has 0 atom stereocenters. The summed E-state index contributed by atoms with van der Waals surface area (Å²) in [5.41, 5.74) is -0.000183. The number of hydrogen-bond donors (Lipinski definition) is 1. The van der Waals surface area contributed by atoms with Gasteiger partial charge in [0.1, 0.15) is 5.69 Å². The van der Waals surface area contributed by atoms with Gasteiger partial charge in [0, 0.05) is 30.9 Å². The number of thiazole rings is 1. The molecule has 0 aliphatic carbocycles. The smallest absolute Gasteiger partial charge is 0.370 e. The van der Waals surface area contributed by atoms with Crippen molar-refractivity contribution in [2.75, 3.05) is 23.3 Å². The van der Waals surface area contributed by atoms with Crippen molar-refractivity contribution in [1.82, 2.24) is 15.0 Å². The lowest BCUT2D eigenvalue weighted by Gasteiger charge is -2.31. The van der Waals surface area contributed by atoms with Crippen molar-refractivity contribution >= 4 is 28.6 Å². The number of piperidine rings is 1. The highest BCUT2D eigenvalue weighted by molar-refractivity contribution is 7.13. The number of amides is 1. The molecule has 3 heterocycles. The van der Waals surface area contributed by atoms with Crippen molar-refractivity contribution in [2.24, 2.45) is 0 Å². The molecule has 156 valence electrons. The summed E-state index contributed by atoms with van der Waals surface area (Å²) < 4.78 is 39.7. The van der Waals surface area contributed by atoms with Gasteiger partial charge in [-0.3, -0.25) is 4.79 Å². The number of carbonyl (C=O) groups is 1. The lowest BCUT2D eigenvalue weighted by atomic mass is 10.1. The topological polar surface area (TPSA) is 71.0 Å². The fourth-order valence-corrected chi connectivity index (χ4v) is 4.04. The summed E-state index contributed by atoms with van der Waals surface area (Å²) in [6, 6.07) is 5.12. The van der Waals surface area contributed by atoms with Crippen LogP contribution >= 0.6 is 11.3 Å². The molecular formula is C20H18F3N5OS. The third kappa shape index (κ3) is 4.43. The van der Waals surface area contributed by atoms with E-state index in [0.717, 1.165) is 44.5 Å². The average Bonchev–Trinajstić information content (AvgIpc) is 3.25. The molecule has 1 saturated heterocycles. The van der Waals surface area contributed by atoms with Gasteiger partial charge in [-0.05, 0) is 43.5 Å². The van der Waals surface area contributed by atoms with E-state index in [1.807, 2.05) is 4.90 Å². The Bertz CT molecular complexity index is 1030. The van der Waals surface area contributed by atoms with Crippen LogP contribution < -0.4 is 10.2 Å². The largest absolute Gasteiger partial charge is 0.416 e. The van der Waals surface area contributed by atoms with E-state index in [9.17, 15) is 18.0 Å². The zero-order valence-electron chi connectivity index (χ0n) is 15.8. The van der Waals surface area contributed by atoms with Crippen LogP contribution in [0.1, 0.15) is 35.3 Å². The van der Waals surface area contributed by atoms with Gasteiger partial charge in [-0.25, -0.2) is 15.0 Å². The summed E-state index contributed by atoms with van der Waals surface area (Å²) >= 11 is 1.19. The van der Waals surface area contributed by atoms with Crippen LogP contribution in [0.3, 0.4) is 0 Å². The average molecular weight is 433 g/mol. The van der Waals surface area contributed by atoms with Gasteiger partial charge < -0.3 is 10.2 Å². The fourth-order valence-electron chi connectivity index (χ4n) is 3.30. The van der Waals surface area contributed by atoms with Crippen LogP contribution in [-0.4, -0.2) is 33.9 Å². The molecule has 1 aliphatic heterocycles. The lowest BCUT2D eigenvalue weighted by Crippen LogP contribution is -2.30. The number of halogens is 3. The molecule has 0 radical (unpaired) electrons. The maximum absolute atomic E-state index is 13.2. The first kappa shape index (κ1) is 20.3. The van der Waals surface area contributed by atoms with E-state index < -0.39 is 17.6 Å². The molecule has 1 N–H and O–H groups in total. The zero-order valence-corrected chi connectivity index (χ0v) is 16.6. The van der Waals surface area contributed by atoms with E-state index in [4.69, 9.17) is 0 Å². The quantitative estimate of drug-likeness (QED) is 0.636. The predicted octanol–water partition coefficient (Wildman–Crippen LogP) is 4.86. The molecule has 0 saturated carbocycles. The Kier molecular flexibility index (Phi) is 5.67. The zero-order chi connectivity index (χ0) is 21.1. The number of benzene rings is 1. The molecule has 0 spiro atoms. The van der Waals surface area contributed by atoms with Crippen molar-refractivity contribution in [3.63, 3.8) is 0 Å². The second kappa shape index (κ2) is 8.39. The molecule has 1 aromatic carbocycles. The van der Waals surface area contributed by atoms with Gasteiger partial charge in [-0.15, -0.1) is 11.3 Å². The number of anilines is 2. The van der Waals surface area contributed by atoms with E-state index in [2.05, 4.69) is 20.3 Å². The van der Waals surface area contributed by atoms with Gasteiger partial charge in [0.05, 0.1) is 16.9 Å². The van der Waals surface area contributed by atoms with Crippen LogP contribution in [-0.2, 0) is 6.18 Å². The summed E-state index contributed by atoms with van der Waals surface area (Å²) in [6.45, 7) is 1.47. The monoisotopic (exact) mass is 433 g/mol. The van der Waals surface area contributed by atoms with Gasteiger partial charge in [-0.1, -0.05) is 0 Å². The Morgan fingerprint density at radius 2 is 1.83 bits per heavy atom. The standard InChI is InChI=1S/C20H18F3N5OS/c21-20(22,23)13-5-6-16(28-9-2-1-3-10-28)14(11-13)26-18(29)15-12-30-19(27-15)17-24-7-4-8-25-17/h4-8,11-12H,1-3,9-10H2,(H,26,29). The SMILES string of the molecule is O=C(Nc1cc(C(F)(F)F)ccc1N1CCCCC1)c1csc(-c2ncccn2)n1. The molecule has 0 bridgehead atoms. The Hall–Kier alpha value is -3.01. The number of nitrogens with one attached hydrogen (secondary N) is 1. The molecule has 1 fully saturated rings. The molecule has 4 rings (SSSR count). The second-order valence-electron chi connectivity index (χ2n) is 6.84. The van der Waals surface area contributed by atoms with Crippen molar-refractivity contribution < 1.29 is 18.0 Å². The maximum atomic E-state index is 13.2. The van der Waals surface area contributed by atoms with Gasteiger partial charge in [0.2, 0.25) is 0 Å². The third-order valence-electron chi connectivity index (χ3n) is 4.76. The van der Waals surface area contributed by atoms with E-state index >= 15 is 0 Å². The van der Waals surface area contributed by atoms with E-state index in [0.29, 0.717) is 16.5 Å². The minimum Gasteiger partial charge on any atom is -0.370 e. The second-order valence-corrected chi connectivity index (χ2v) is 7.70. The number of alkyl halides is 3. The van der Waals surface area contributed by atoms with Gasteiger partial charge in [-0.2, -0.15) is 13.2 Å². The minimum atomic E-state index is -4.50. The summed E-state index contributed by atoms with van der Waals surface area (Å²) in [5.74, 6) is -0.194. The predicted molar refractivity (Wildman–Crippen MR) is 109 cm³/mol. The van der Waals surface area contributed by atoms with Crippen molar-refractivity contribution in [1.29, 1.82) is 0 Å². The number of carbonyl (C=O) groups excluding carboxylic acids is 1. The number of nitrogens with zero attached hydrogens (tertiary/aromatic N) is 4. The molecular weight excluding hydrogens is 415 g/mol. The Labute approximate surface area is 174 Å². The molecule has 1 amide bonds. The first-order valence-corrected chi connectivity index (χ1v) is 10.3. The fraction of sp³-hybridized carbons (Fsp3) is 0.300. The minimum absolute atomic E-state index is 0.101. The van der Waals surface area contributed by atoms with Crippen molar-refractivity contribution in [3.05, 3.63) is 53.3 Å². The van der Waals surface area contributed by atoms with Crippen LogP contribution in [0.15, 0.2) is 42.0 Å². The Morgan fingerprint density at radius 1 is 1.10 bits per heavy atom. The first-order chi connectivity index (χ1) is 14.4. The summed E-state index contributed by atoms with van der Waals surface area (Å²) in [5, 5.41) is 4.62. The molecule has 2 aromatic heterocycles. The van der Waals surface area contributed by atoms with Gasteiger partial charge in [0.25, 0.3) is 5.91 Å². The number of hydrogen-bond acceptors (Lipinski definition) is 6. The highest BCUT2D eigenvalue weighted by Gasteiger charge is 2.32. The van der Waals surface area contributed by atoms with Crippen LogP contribution in [0.5, 0.6) is 0 Å². The highest BCUT2D eigenvalue weighted by atomic mass is 32.1. The van der Waals surface area contributed by atoms with Crippen LogP contribution in [0.4, 0.5) is 24.5 Å². The molecule has 3 aromatic rings. The van der Waals surface area contributed by atoms with Gasteiger partial charge >= 0.3 is 6.18 Å². The number of rotatable bonds is 4. The Balaban J connectivity index is 1.62. The molecule has 6 nitrogen and oxygen atoms in total. The van der Waals surface area contributed by atoms with Crippen LogP contribution in [0.2, 0.25) is 0 Å². The van der Waals surface area contributed by atoms with Crippen molar-refractivity contribution in [3.8, 4) is 10.8 Å². The van der Waals surface area contributed by atoms with Gasteiger partial charge in [0.15, 0.2) is 10.8 Å². The van der Waals surface area contributed by atoms with Crippen molar-refractivity contribution in [2.45, 2.75) is 25.4 Å². The summed E-state index contributed by atoms with van der Waals surface area (Å²) in [6.07, 6.45) is 1.64. The van der Waals surface area contributed by atoms with E-state index in [1.54, 1.807) is 18.5 Å². The molecule has 0 unspecified atom stereocenters.